The first-order valence-corrected chi connectivity index (χ1v) is 5.24. The van der Waals surface area contributed by atoms with Gasteiger partial charge in [-0.2, -0.15) is 0 Å². The van der Waals surface area contributed by atoms with Crippen molar-refractivity contribution in [2.45, 2.75) is 12.8 Å². The number of aromatic nitrogens is 1. The normalized spacial score (nSPS) is 13.8. The summed E-state index contributed by atoms with van der Waals surface area (Å²) in [6.07, 6.45) is 1.91. The van der Waals surface area contributed by atoms with Crippen LogP contribution in [-0.4, -0.2) is 11.5 Å². The summed E-state index contributed by atoms with van der Waals surface area (Å²) in [4.78, 5) is 14.7. The fourth-order valence-corrected chi connectivity index (χ4v) is 2.20. The maximum atomic E-state index is 11.8. The average molecular weight is 237 g/mol. The van der Waals surface area contributed by atoms with Crippen molar-refractivity contribution in [2.24, 2.45) is 0 Å². The molecule has 0 saturated carbocycles. The van der Waals surface area contributed by atoms with Gasteiger partial charge < -0.3 is 10.3 Å². The third kappa shape index (κ3) is 1.57. The van der Waals surface area contributed by atoms with Gasteiger partial charge in [0.05, 0.1) is 11.2 Å². The average Bonchev–Trinajstić information content (AvgIpc) is 2.30. The van der Waals surface area contributed by atoms with Gasteiger partial charge in [-0.3, -0.25) is 4.79 Å². The molecule has 1 aromatic heterocycles. The summed E-state index contributed by atoms with van der Waals surface area (Å²) in [7, 11) is 0. The van der Waals surface area contributed by atoms with Crippen LogP contribution in [-0.2, 0) is 6.42 Å². The third-order valence-electron chi connectivity index (χ3n) is 2.93. The maximum absolute atomic E-state index is 11.8. The molecular weight excluding hydrogens is 224 g/mol. The zero-order valence-electron chi connectivity index (χ0n) is 8.75. The van der Waals surface area contributed by atoms with Gasteiger partial charge in [0.25, 0.3) is 5.56 Å². The molecule has 4 heteroatoms. The van der Waals surface area contributed by atoms with E-state index in [2.05, 4.69) is 10.3 Å². The van der Waals surface area contributed by atoms with Crippen LogP contribution in [0.5, 0.6) is 0 Å². The van der Waals surface area contributed by atoms with Gasteiger partial charge in [0.1, 0.15) is 0 Å². The smallest absolute Gasteiger partial charge is 0.253 e. The van der Waals surface area contributed by atoms with Gasteiger partial charge in [-0.15, -0.1) is 12.4 Å². The van der Waals surface area contributed by atoms with Crippen molar-refractivity contribution >= 4 is 29.0 Å². The fourth-order valence-electron chi connectivity index (χ4n) is 2.20. The monoisotopic (exact) mass is 236 g/mol. The summed E-state index contributed by atoms with van der Waals surface area (Å²) in [6.45, 7) is 0.959. The Bertz CT molecular complexity index is 577. The summed E-state index contributed by atoms with van der Waals surface area (Å²) >= 11 is 0. The van der Waals surface area contributed by atoms with E-state index < -0.39 is 0 Å². The first kappa shape index (κ1) is 11.0. The van der Waals surface area contributed by atoms with E-state index in [9.17, 15) is 4.79 Å². The third-order valence-corrected chi connectivity index (χ3v) is 2.93. The van der Waals surface area contributed by atoms with Gasteiger partial charge in [0.15, 0.2) is 0 Å². The van der Waals surface area contributed by atoms with Crippen LogP contribution >= 0.6 is 12.4 Å². The second kappa shape index (κ2) is 4.18. The first-order valence-electron chi connectivity index (χ1n) is 5.24. The van der Waals surface area contributed by atoms with Crippen molar-refractivity contribution in [2.75, 3.05) is 11.9 Å². The van der Waals surface area contributed by atoms with E-state index in [0.29, 0.717) is 0 Å². The second-order valence-electron chi connectivity index (χ2n) is 3.88. The molecule has 0 aliphatic carbocycles. The predicted octanol–water partition coefficient (Wildman–Crippen LogP) is 2.31. The molecule has 3 nitrogen and oxygen atoms in total. The van der Waals surface area contributed by atoms with Crippen LogP contribution in [0.3, 0.4) is 0 Å². The first-order chi connectivity index (χ1) is 7.36. The molecule has 0 saturated heterocycles. The SMILES string of the molecule is Cl.O=c1[nH]c2ccccc2c2c1CCCN2. The van der Waals surface area contributed by atoms with Gasteiger partial charge in [0.2, 0.25) is 0 Å². The number of aromatic amines is 1. The molecule has 2 heterocycles. The topological polar surface area (TPSA) is 44.9 Å². The van der Waals surface area contributed by atoms with E-state index in [-0.39, 0.29) is 18.0 Å². The van der Waals surface area contributed by atoms with Gasteiger partial charge in [-0.05, 0) is 18.9 Å². The highest BCUT2D eigenvalue weighted by atomic mass is 35.5. The fraction of sp³-hybridized carbons (Fsp3) is 0.250. The van der Waals surface area contributed by atoms with E-state index in [0.717, 1.165) is 41.5 Å². The van der Waals surface area contributed by atoms with Crippen LogP contribution in [0.2, 0.25) is 0 Å². The number of fused-ring (bicyclic) bond motifs is 3. The van der Waals surface area contributed by atoms with Crippen molar-refractivity contribution < 1.29 is 0 Å². The highest BCUT2D eigenvalue weighted by molar-refractivity contribution is 5.92. The van der Waals surface area contributed by atoms with Gasteiger partial charge in [-0.25, -0.2) is 0 Å². The second-order valence-corrected chi connectivity index (χ2v) is 3.88. The molecule has 16 heavy (non-hydrogen) atoms. The molecule has 1 aliphatic rings. The molecular formula is C12H13ClN2O. The summed E-state index contributed by atoms with van der Waals surface area (Å²) in [5, 5.41) is 4.44. The molecule has 0 fully saturated rings. The van der Waals surface area contributed by atoms with Gasteiger partial charge >= 0.3 is 0 Å². The standard InChI is InChI=1S/C12H12N2O.ClH/c15-12-9-5-3-7-13-11(9)8-4-1-2-6-10(8)14-12;/h1-2,4,6,13H,3,5,7H2,(H,14,15);1H. The lowest BCUT2D eigenvalue weighted by molar-refractivity contribution is 0.820. The molecule has 0 atom stereocenters. The van der Waals surface area contributed by atoms with Crippen molar-refractivity contribution in [3.05, 3.63) is 40.2 Å². The molecule has 1 aromatic carbocycles. The van der Waals surface area contributed by atoms with E-state index in [1.54, 1.807) is 0 Å². The van der Waals surface area contributed by atoms with Crippen LogP contribution in [0.15, 0.2) is 29.1 Å². The molecule has 84 valence electrons. The highest BCUT2D eigenvalue weighted by Gasteiger charge is 2.14. The number of halogens is 1. The van der Waals surface area contributed by atoms with E-state index in [1.807, 2.05) is 24.3 Å². The summed E-state index contributed by atoms with van der Waals surface area (Å²) in [6, 6.07) is 7.92. The number of H-pyrrole nitrogens is 1. The van der Waals surface area contributed by atoms with Crippen LogP contribution < -0.4 is 10.9 Å². The Kier molecular flexibility index (Phi) is 2.88. The van der Waals surface area contributed by atoms with Crippen LogP contribution in [0.1, 0.15) is 12.0 Å². The molecule has 0 amide bonds. The molecule has 0 radical (unpaired) electrons. The molecule has 0 unspecified atom stereocenters. The Hall–Kier alpha value is -1.48. The highest BCUT2D eigenvalue weighted by Crippen LogP contribution is 2.26. The molecule has 1 aliphatic heterocycles. The number of hydrogen-bond acceptors (Lipinski definition) is 2. The Morgan fingerprint density at radius 3 is 2.88 bits per heavy atom. The zero-order chi connectivity index (χ0) is 10.3. The van der Waals surface area contributed by atoms with E-state index >= 15 is 0 Å². The lowest BCUT2D eigenvalue weighted by atomic mass is 10.0. The number of pyridine rings is 1. The lowest BCUT2D eigenvalue weighted by Gasteiger charge is -2.18. The minimum Gasteiger partial charge on any atom is -0.384 e. The predicted molar refractivity (Wildman–Crippen MR) is 68.6 cm³/mol. The molecule has 3 rings (SSSR count). The minimum absolute atomic E-state index is 0. The van der Waals surface area contributed by atoms with Crippen molar-refractivity contribution in [3.63, 3.8) is 0 Å². The molecule has 2 aromatic rings. The van der Waals surface area contributed by atoms with E-state index in [1.165, 1.54) is 0 Å². The van der Waals surface area contributed by atoms with Crippen molar-refractivity contribution in [1.82, 2.24) is 4.98 Å². The quantitative estimate of drug-likeness (QED) is 0.737. The summed E-state index contributed by atoms with van der Waals surface area (Å²) < 4.78 is 0. The van der Waals surface area contributed by atoms with Gasteiger partial charge in [0, 0.05) is 17.5 Å². The van der Waals surface area contributed by atoms with E-state index in [4.69, 9.17) is 0 Å². The van der Waals surface area contributed by atoms with Crippen LogP contribution in [0, 0.1) is 0 Å². The number of hydrogen-bond donors (Lipinski definition) is 2. The Morgan fingerprint density at radius 1 is 1.19 bits per heavy atom. The number of para-hydroxylation sites is 1. The summed E-state index contributed by atoms with van der Waals surface area (Å²) in [5.74, 6) is 0. The number of rotatable bonds is 0. The van der Waals surface area contributed by atoms with Crippen molar-refractivity contribution in [1.29, 1.82) is 0 Å². The van der Waals surface area contributed by atoms with Crippen LogP contribution in [0.4, 0.5) is 5.69 Å². The maximum Gasteiger partial charge on any atom is 0.253 e. The number of nitrogens with one attached hydrogen (secondary N) is 2. The minimum atomic E-state index is 0. The number of benzene rings is 1. The zero-order valence-corrected chi connectivity index (χ0v) is 9.56. The Labute approximate surface area is 99.3 Å². The van der Waals surface area contributed by atoms with Crippen molar-refractivity contribution in [3.8, 4) is 0 Å². The lowest BCUT2D eigenvalue weighted by Crippen LogP contribution is -2.22. The largest absolute Gasteiger partial charge is 0.384 e. The van der Waals surface area contributed by atoms with Gasteiger partial charge in [-0.1, -0.05) is 18.2 Å². The number of anilines is 1. The Balaban J connectivity index is 0.000000963. The Morgan fingerprint density at radius 2 is 2.00 bits per heavy atom. The van der Waals surface area contributed by atoms with Crippen LogP contribution in [0.25, 0.3) is 10.9 Å². The molecule has 0 spiro atoms. The summed E-state index contributed by atoms with van der Waals surface area (Å²) in [5.41, 5.74) is 2.90. The molecule has 2 N–H and O–H groups in total. The molecule has 0 bridgehead atoms.